The first-order chi connectivity index (χ1) is 18.0. The predicted octanol–water partition coefficient (Wildman–Crippen LogP) is 4.36. The SMILES string of the molecule is O=C(CCC(=O)c1cccc2ccccc12)NC[C@H]1CN(c2ccccc2C2CCNCC2F)C(=O)O1. The van der Waals surface area contributed by atoms with Crippen LogP contribution in [0.5, 0.6) is 0 Å². The third kappa shape index (κ3) is 5.49. The Kier molecular flexibility index (Phi) is 7.46. The van der Waals surface area contributed by atoms with Gasteiger partial charge in [0.2, 0.25) is 5.91 Å². The van der Waals surface area contributed by atoms with Crippen LogP contribution in [-0.2, 0) is 9.53 Å². The molecule has 3 aromatic carbocycles. The van der Waals surface area contributed by atoms with Gasteiger partial charge in [-0.25, -0.2) is 9.18 Å². The number of para-hydroxylation sites is 1. The number of amides is 2. The number of nitrogens with zero attached hydrogens (tertiary/aromatic N) is 1. The molecule has 2 amide bonds. The molecule has 0 saturated carbocycles. The number of hydrogen-bond donors (Lipinski definition) is 2. The van der Waals surface area contributed by atoms with E-state index in [2.05, 4.69) is 10.6 Å². The van der Waals surface area contributed by atoms with Crippen molar-refractivity contribution in [1.82, 2.24) is 10.6 Å². The number of anilines is 1. The van der Waals surface area contributed by atoms with E-state index in [1.807, 2.05) is 60.7 Å². The highest BCUT2D eigenvalue weighted by atomic mass is 19.1. The fourth-order valence-electron chi connectivity index (χ4n) is 5.19. The van der Waals surface area contributed by atoms with Gasteiger partial charge in [-0.1, -0.05) is 60.7 Å². The lowest BCUT2D eigenvalue weighted by molar-refractivity contribution is -0.121. The van der Waals surface area contributed by atoms with Gasteiger partial charge in [-0.15, -0.1) is 0 Å². The lowest BCUT2D eigenvalue weighted by Gasteiger charge is -2.30. The molecule has 2 aliphatic rings. The van der Waals surface area contributed by atoms with Crippen molar-refractivity contribution in [2.24, 2.45) is 0 Å². The monoisotopic (exact) mass is 503 g/mol. The second kappa shape index (κ2) is 11.1. The van der Waals surface area contributed by atoms with Crippen LogP contribution in [0.2, 0.25) is 0 Å². The number of alkyl halides is 1. The van der Waals surface area contributed by atoms with Crippen molar-refractivity contribution in [2.45, 2.75) is 37.5 Å². The number of rotatable bonds is 8. The maximum Gasteiger partial charge on any atom is 0.414 e. The first-order valence-corrected chi connectivity index (χ1v) is 12.7. The van der Waals surface area contributed by atoms with E-state index < -0.39 is 18.4 Å². The topological polar surface area (TPSA) is 87.7 Å². The zero-order valence-electron chi connectivity index (χ0n) is 20.5. The van der Waals surface area contributed by atoms with Crippen molar-refractivity contribution in [3.05, 3.63) is 77.9 Å². The number of nitrogens with one attached hydrogen (secondary N) is 2. The van der Waals surface area contributed by atoms with Gasteiger partial charge in [0.25, 0.3) is 0 Å². The number of hydrogen-bond acceptors (Lipinski definition) is 5. The van der Waals surface area contributed by atoms with Gasteiger partial charge < -0.3 is 15.4 Å². The van der Waals surface area contributed by atoms with Crippen molar-refractivity contribution in [2.75, 3.05) is 31.1 Å². The van der Waals surface area contributed by atoms with Gasteiger partial charge in [0, 0.05) is 30.9 Å². The number of Topliss-reactive ketones (excluding diaryl/α,β-unsaturated/α-hetero) is 1. The average Bonchev–Trinajstić information content (AvgIpc) is 3.30. The predicted molar refractivity (Wildman–Crippen MR) is 140 cm³/mol. The van der Waals surface area contributed by atoms with E-state index in [0.717, 1.165) is 22.9 Å². The number of ether oxygens (including phenoxy) is 1. The summed E-state index contributed by atoms with van der Waals surface area (Å²) in [6, 6.07) is 20.6. The number of cyclic esters (lactones) is 1. The molecule has 192 valence electrons. The van der Waals surface area contributed by atoms with Crippen LogP contribution < -0.4 is 15.5 Å². The summed E-state index contributed by atoms with van der Waals surface area (Å²) in [4.78, 5) is 39.4. The van der Waals surface area contributed by atoms with Crippen LogP contribution in [0.4, 0.5) is 14.9 Å². The minimum Gasteiger partial charge on any atom is -0.442 e. The molecule has 2 fully saturated rings. The lowest BCUT2D eigenvalue weighted by atomic mass is 9.87. The van der Waals surface area contributed by atoms with Crippen molar-refractivity contribution in [3.8, 4) is 0 Å². The highest BCUT2D eigenvalue weighted by molar-refractivity contribution is 6.08. The van der Waals surface area contributed by atoms with Crippen LogP contribution in [0.1, 0.15) is 41.1 Å². The molecular formula is C29H30FN3O4. The van der Waals surface area contributed by atoms with Gasteiger partial charge in [-0.3, -0.25) is 14.5 Å². The van der Waals surface area contributed by atoms with E-state index in [0.29, 0.717) is 24.2 Å². The Hall–Kier alpha value is -3.78. The number of carbonyl (C=O) groups excluding carboxylic acids is 3. The van der Waals surface area contributed by atoms with Crippen LogP contribution >= 0.6 is 0 Å². The number of halogens is 1. The summed E-state index contributed by atoms with van der Waals surface area (Å²) in [5.74, 6) is -0.659. The third-order valence-corrected chi connectivity index (χ3v) is 7.11. The number of piperidine rings is 1. The van der Waals surface area contributed by atoms with E-state index in [4.69, 9.17) is 4.74 Å². The molecule has 3 aromatic rings. The van der Waals surface area contributed by atoms with Gasteiger partial charge in [0.15, 0.2) is 5.78 Å². The van der Waals surface area contributed by atoms with Crippen LogP contribution in [0.25, 0.3) is 10.8 Å². The summed E-state index contributed by atoms with van der Waals surface area (Å²) in [6.07, 6.45) is -1.29. The largest absolute Gasteiger partial charge is 0.442 e. The Morgan fingerprint density at radius 3 is 2.68 bits per heavy atom. The van der Waals surface area contributed by atoms with Crippen molar-refractivity contribution in [1.29, 1.82) is 0 Å². The fourth-order valence-corrected chi connectivity index (χ4v) is 5.19. The molecule has 8 heteroatoms. The molecular weight excluding hydrogens is 473 g/mol. The number of fused-ring (bicyclic) bond motifs is 1. The summed E-state index contributed by atoms with van der Waals surface area (Å²) >= 11 is 0. The molecule has 0 bridgehead atoms. The van der Waals surface area contributed by atoms with E-state index in [-0.39, 0.29) is 43.5 Å². The van der Waals surface area contributed by atoms with Crippen LogP contribution in [0.15, 0.2) is 66.7 Å². The fraction of sp³-hybridized carbons (Fsp3) is 0.345. The zero-order chi connectivity index (χ0) is 25.8. The third-order valence-electron chi connectivity index (χ3n) is 7.11. The maximum absolute atomic E-state index is 14.6. The second-order valence-corrected chi connectivity index (χ2v) is 9.54. The molecule has 2 N–H and O–H groups in total. The molecule has 3 atom stereocenters. The number of carbonyl (C=O) groups is 3. The van der Waals surface area contributed by atoms with Gasteiger partial charge in [-0.05, 0) is 35.4 Å². The summed E-state index contributed by atoms with van der Waals surface area (Å²) in [7, 11) is 0. The van der Waals surface area contributed by atoms with Gasteiger partial charge in [0.05, 0.1) is 18.8 Å². The first-order valence-electron chi connectivity index (χ1n) is 12.7. The standard InChI is InChI=1S/C29H30FN3O4/c30-25-17-31-15-14-22(25)23-9-3-4-11-26(23)33-18-20(37-29(33)36)16-32-28(35)13-12-27(34)24-10-5-7-19-6-1-2-8-21(19)24/h1-11,20,22,25,31H,12-18H2,(H,32,35)/t20-,22?,25?/m0/s1. The molecule has 0 spiro atoms. The molecule has 5 rings (SSSR count). The van der Waals surface area contributed by atoms with Gasteiger partial charge in [0.1, 0.15) is 12.3 Å². The zero-order valence-corrected chi connectivity index (χ0v) is 20.5. The molecule has 2 heterocycles. The summed E-state index contributed by atoms with van der Waals surface area (Å²) in [5.41, 5.74) is 2.05. The Bertz CT molecular complexity index is 1310. The Morgan fingerprint density at radius 1 is 1.03 bits per heavy atom. The van der Waals surface area contributed by atoms with Crippen molar-refractivity contribution >= 4 is 34.2 Å². The summed E-state index contributed by atoms with van der Waals surface area (Å²) in [6.45, 7) is 1.42. The highest BCUT2D eigenvalue weighted by Crippen LogP contribution is 2.36. The molecule has 0 aromatic heterocycles. The number of benzene rings is 3. The molecule has 0 aliphatic carbocycles. The van der Waals surface area contributed by atoms with Crippen molar-refractivity contribution in [3.63, 3.8) is 0 Å². The molecule has 37 heavy (non-hydrogen) atoms. The van der Waals surface area contributed by atoms with E-state index in [1.165, 1.54) is 4.90 Å². The van der Waals surface area contributed by atoms with E-state index in [1.54, 1.807) is 6.07 Å². The number of ketones is 1. The summed E-state index contributed by atoms with van der Waals surface area (Å²) < 4.78 is 20.1. The first kappa shape index (κ1) is 24.9. The Labute approximate surface area is 215 Å². The van der Waals surface area contributed by atoms with Gasteiger partial charge >= 0.3 is 6.09 Å². The summed E-state index contributed by atoms with van der Waals surface area (Å²) in [5, 5.41) is 7.70. The van der Waals surface area contributed by atoms with Crippen molar-refractivity contribution < 1.29 is 23.5 Å². The van der Waals surface area contributed by atoms with E-state index >= 15 is 0 Å². The van der Waals surface area contributed by atoms with Crippen LogP contribution in [0, 0.1) is 0 Å². The van der Waals surface area contributed by atoms with Crippen LogP contribution in [0.3, 0.4) is 0 Å². The molecule has 2 saturated heterocycles. The normalized spacial score (nSPS) is 21.6. The smallest absolute Gasteiger partial charge is 0.414 e. The quantitative estimate of drug-likeness (QED) is 0.446. The molecule has 2 unspecified atom stereocenters. The van der Waals surface area contributed by atoms with E-state index in [9.17, 15) is 18.8 Å². The Balaban J connectivity index is 1.16. The van der Waals surface area contributed by atoms with Gasteiger partial charge in [-0.2, -0.15) is 0 Å². The van der Waals surface area contributed by atoms with Crippen LogP contribution in [-0.4, -0.2) is 56.2 Å². The minimum atomic E-state index is -1.03. The molecule has 7 nitrogen and oxygen atoms in total. The minimum absolute atomic E-state index is 0.0445. The Morgan fingerprint density at radius 2 is 1.81 bits per heavy atom. The lowest BCUT2D eigenvalue weighted by Crippen LogP contribution is -2.38. The molecule has 0 radical (unpaired) electrons. The second-order valence-electron chi connectivity index (χ2n) is 9.54. The molecule has 2 aliphatic heterocycles. The maximum atomic E-state index is 14.6. The average molecular weight is 504 g/mol. The highest BCUT2D eigenvalue weighted by Gasteiger charge is 2.36.